The zero-order valence-corrected chi connectivity index (χ0v) is 11.7. The lowest BCUT2D eigenvalue weighted by Gasteiger charge is -2.26. The second-order valence-electron chi connectivity index (χ2n) is 4.45. The van der Waals surface area contributed by atoms with Crippen molar-refractivity contribution in [1.29, 1.82) is 0 Å². The largest absolute Gasteiger partial charge is 0.390 e. The van der Waals surface area contributed by atoms with Crippen molar-refractivity contribution in [2.45, 2.75) is 39.2 Å². The zero-order valence-electron chi connectivity index (χ0n) is 10.8. The van der Waals surface area contributed by atoms with Crippen LogP contribution in [0.4, 0.5) is 0 Å². The predicted molar refractivity (Wildman–Crippen MR) is 65.8 cm³/mol. The molecule has 0 saturated heterocycles. The first-order valence-electron chi connectivity index (χ1n) is 5.31. The maximum atomic E-state index is 11.8. The van der Waals surface area contributed by atoms with Crippen molar-refractivity contribution in [3.05, 3.63) is 11.6 Å². The van der Waals surface area contributed by atoms with E-state index in [0.29, 0.717) is 6.42 Å². The molecule has 1 atom stereocenters. The van der Waals surface area contributed by atoms with Crippen molar-refractivity contribution < 1.29 is 18.7 Å². The van der Waals surface area contributed by atoms with Gasteiger partial charge in [-0.05, 0) is 33.6 Å². The Balaban J connectivity index is 4.34. The number of rotatable bonds is 7. The smallest absolute Gasteiger partial charge is 0.333 e. The molecule has 0 spiro atoms. The van der Waals surface area contributed by atoms with E-state index in [-0.39, 0.29) is 6.16 Å². The monoisotopic (exact) mass is 250 g/mol. The second-order valence-corrected chi connectivity index (χ2v) is 6.72. The fourth-order valence-corrected chi connectivity index (χ4v) is 2.77. The standard InChI is InChI=1S/C11H23O4P/c1-10(2)7-6-8-11(3,12)9-16(13,14-4)15-5/h7,12H,6,8-9H2,1-5H3. The van der Waals surface area contributed by atoms with E-state index in [2.05, 4.69) is 0 Å². The van der Waals surface area contributed by atoms with E-state index >= 15 is 0 Å². The van der Waals surface area contributed by atoms with Crippen molar-refractivity contribution in [3.8, 4) is 0 Å². The summed E-state index contributed by atoms with van der Waals surface area (Å²) >= 11 is 0. The lowest BCUT2D eigenvalue weighted by molar-refractivity contribution is 0.0679. The van der Waals surface area contributed by atoms with Crippen LogP contribution in [0.15, 0.2) is 11.6 Å². The average molecular weight is 250 g/mol. The SMILES string of the molecule is COP(=O)(CC(C)(O)CCC=C(C)C)OC. The predicted octanol–water partition coefficient (Wildman–Crippen LogP) is 2.97. The van der Waals surface area contributed by atoms with E-state index in [1.54, 1.807) is 6.92 Å². The van der Waals surface area contributed by atoms with Gasteiger partial charge in [-0.15, -0.1) is 0 Å². The summed E-state index contributed by atoms with van der Waals surface area (Å²) in [7, 11) is -0.478. The van der Waals surface area contributed by atoms with Gasteiger partial charge in [-0.1, -0.05) is 11.6 Å². The van der Waals surface area contributed by atoms with Gasteiger partial charge in [-0.2, -0.15) is 0 Å². The van der Waals surface area contributed by atoms with Crippen molar-refractivity contribution in [1.82, 2.24) is 0 Å². The summed E-state index contributed by atoms with van der Waals surface area (Å²) in [5, 5.41) is 10.1. The average Bonchev–Trinajstić information content (AvgIpc) is 2.16. The van der Waals surface area contributed by atoms with Crippen LogP contribution < -0.4 is 0 Å². The highest BCUT2D eigenvalue weighted by Crippen LogP contribution is 2.49. The van der Waals surface area contributed by atoms with Gasteiger partial charge in [-0.3, -0.25) is 4.57 Å². The van der Waals surface area contributed by atoms with E-state index < -0.39 is 13.2 Å². The van der Waals surface area contributed by atoms with Crippen LogP contribution >= 0.6 is 7.60 Å². The van der Waals surface area contributed by atoms with Crippen LogP contribution in [0.1, 0.15) is 33.6 Å². The Morgan fingerprint density at radius 2 is 1.88 bits per heavy atom. The molecule has 0 aromatic rings. The van der Waals surface area contributed by atoms with Crippen LogP contribution in [-0.4, -0.2) is 31.1 Å². The first kappa shape index (κ1) is 15.9. The summed E-state index contributed by atoms with van der Waals surface area (Å²) in [6.07, 6.45) is 3.35. The van der Waals surface area contributed by atoms with Gasteiger partial charge in [0.05, 0.1) is 11.8 Å². The van der Waals surface area contributed by atoms with Crippen LogP contribution in [0.25, 0.3) is 0 Å². The fraction of sp³-hybridized carbons (Fsp3) is 0.818. The molecule has 0 saturated carbocycles. The van der Waals surface area contributed by atoms with Crippen LogP contribution in [0.3, 0.4) is 0 Å². The summed E-state index contributed by atoms with van der Waals surface area (Å²) in [5.41, 5.74) is 0.172. The van der Waals surface area contributed by atoms with Gasteiger partial charge in [0.2, 0.25) is 0 Å². The van der Waals surface area contributed by atoms with Gasteiger partial charge in [0, 0.05) is 14.2 Å². The molecule has 0 amide bonds. The number of aliphatic hydroxyl groups is 1. The molecule has 0 aliphatic carbocycles. The third-order valence-corrected chi connectivity index (χ3v) is 4.51. The molecule has 0 fully saturated rings. The maximum absolute atomic E-state index is 11.8. The second kappa shape index (κ2) is 6.55. The van der Waals surface area contributed by atoms with Crippen LogP contribution in [0.2, 0.25) is 0 Å². The Kier molecular flexibility index (Phi) is 6.49. The van der Waals surface area contributed by atoms with Gasteiger partial charge in [0.25, 0.3) is 0 Å². The first-order chi connectivity index (χ1) is 7.24. The number of hydrogen-bond donors (Lipinski definition) is 1. The van der Waals surface area contributed by atoms with Gasteiger partial charge in [-0.25, -0.2) is 0 Å². The molecule has 5 heteroatoms. The Morgan fingerprint density at radius 3 is 2.25 bits per heavy atom. The summed E-state index contributed by atoms with van der Waals surface area (Å²) in [6.45, 7) is 5.66. The molecule has 1 unspecified atom stereocenters. The van der Waals surface area contributed by atoms with Crippen LogP contribution in [0.5, 0.6) is 0 Å². The van der Waals surface area contributed by atoms with Crippen molar-refractivity contribution in [3.63, 3.8) is 0 Å². The fourth-order valence-electron chi connectivity index (χ4n) is 1.37. The summed E-state index contributed by atoms with van der Waals surface area (Å²) in [5.74, 6) is 0. The Bertz CT molecular complexity index is 272. The van der Waals surface area contributed by atoms with Crippen LogP contribution in [0, 0.1) is 0 Å². The minimum atomic E-state index is -3.14. The molecule has 0 aliphatic rings. The maximum Gasteiger partial charge on any atom is 0.333 e. The van der Waals surface area contributed by atoms with Gasteiger partial charge < -0.3 is 14.2 Å². The molecule has 0 heterocycles. The normalized spacial score (nSPS) is 15.6. The molecule has 1 N–H and O–H groups in total. The summed E-state index contributed by atoms with van der Waals surface area (Å²) < 4.78 is 21.5. The highest BCUT2D eigenvalue weighted by Gasteiger charge is 2.33. The summed E-state index contributed by atoms with van der Waals surface area (Å²) in [6, 6.07) is 0. The Hall–Kier alpha value is -0.150. The summed E-state index contributed by atoms with van der Waals surface area (Å²) in [4.78, 5) is 0. The van der Waals surface area contributed by atoms with Crippen molar-refractivity contribution in [2.75, 3.05) is 20.4 Å². The highest BCUT2D eigenvalue weighted by molar-refractivity contribution is 7.53. The molecule has 0 radical (unpaired) electrons. The molecular formula is C11H23O4P. The van der Waals surface area contributed by atoms with E-state index in [1.807, 2.05) is 19.9 Å². The Morgan fingerprint density at radius 1 is 1.38 bits per heavy atom. The highest BCUT2D eigenvalue weighted by atomic mass is 31.2. The van der Waals surface area contributed by atoms with Gasteiger partial charge in [0.1, 0.15) is 0 Å². The molecule has 0 rings (SSSR count). The molecule has 96 valence electrons. The Labute approximate surface area is 98.2 Å². The van der Waals surface area contributed by atoms with E-state index in [0.717, 1.165) is 6.42 Å². The first-order valence-corrected chi connectivity index (χ1v) is 7.04. The molecule has 0 aromatic heterocycles. The van der Waals surface area contributed by atoms with E-state index in [9.17, 15) is 9.67 Å². The van der Waals surface area contributed by atoms with Crippen molar-refractivity contribution in [2.24, 2.45) is 0 Å². The number of hydrogen-bond acceptors (Lipinski definition) is 4. The van der Waals surface area contributed by atoms with E-state index in [4.69, 9.17) is 9.05 Å². The van der Waals surface area contributed by atoms with Crippen molar-refractivity contribution >= 4 is 7.60 Å². The van der Waals surface area contributed by atoms with Gasteiger partial charge in [0.15, 0.2) is 0 Å². The van der Waals surface area contributed by atoms with Crippen LogP contribution in [-0.2, 0) is 13.6 Å². The molecule has 0 aromatic carbocycles. The third kappa shape index (κ3) is 6.44. The van der Waals surface area contributed by atoms with Gasteiger partial charge >= 0.3 is 7.60 Å². The lowest BCUT2D eigenvalue weighted by Crippen LogP contribution is -2.29. The number of allylic oxidation sites excluding steroid dienone is 2. The minimum absolute atomic E-state index is 0.0175. The molecule has 4 nitrogen and oxygen atoms in total. The van der Waals surface area contributed by atoms with E-state index in [1.165, 1.54) is 19.8 Å². The topological polar surface area (TPSA) is 55.8 Å². The minimum Gasteiger partial charge on any atom is -0.390 e. The molecule has 0 aliphatic heterocycles. The quantitative estimate of drug-likeness (QED) is 0.557. The lowest BCUT2D eigenvalue weighted by atomic mass is 10.0. The molecule has 16 heavy (non-hydrogen) atoms. The third-order valence-electron chi connectivity index (χ3n) is 2.33. The molecule has 0 bridgehead atoms. The zero-order chi connectivity index (χ0) is 12.8. The molecular weight excluding hydrogens is 227 g/mol.